The minimum atomic E-state index is -0.552. The first-order valence-electron chi connectivity index (χ1n) is 12.8. The van der Waals surface area contributed by atoms with Gasteiger partial charge in [0.1, 0.15) is 5.75 Å². The van der Waals surface area contributed by atoms with E-state index >= 15 is 0 Å². The Morgan fingerprint density at radius 3 is 2.32 bits per heavy atom. The highest BCUT2D eigenvalue weighted by molar-refractivity contribution is 9.10. The highest BCUT2D eigenvalue weighted by Gasteiger charge is 2.47. The molecule has 3 aromatic rings. The third-order valence-corrected chi connectivity index (χ3v) is 8.64. The van der Waals surface area contributed by atoms with Crippen molar-refractivity contribution >= 4 is 39.6 Å². The number of methoxy groups -OCH3 is 1. The number of halogens is 1. The maximum atomic E-state index is 14.5. The molecule has 1 aliphatic heterocycles. The van der Waals surface area contributed by atoms with Gasteiger partial charge in [0.2, 0.25) is 5.91 Å². The molecule has 5 nitrogen and oxygen atoms in total. The number of rotatable bonds is 7. The van der Waals surface area contributed by atoms with Crippen LogP contribution in [-0.2, 0) is 11.2 Å². The van der Waals surface area contributed by atoms with E-state index in [1.165, 1.54) is 4.90 Å². The van der Waals surface area contributed by atoms with Crippen molar-refractivity contribution in [1.29, 1.82) is 0 Å². The number of nitrogens with zero attached hydrogens (tertiary/aromatic N) is 2. The van der Waals surface area contributed by atoms with E-state index in [0.29, 0.717) is 6.42 Å². The topological polar surface area (TPSA) is 49.9 Å². The lowest BCUT2D eigenvalue weighted by Crippen LogP contribution is -2.40. The summed E-state index contributed by atoms with van der Waals surface area (Å²) < 4.78 is 6.33. The third kappa shape index (κ3) is 6.10. The van der Waals surface area contributed by atoms with Crippen LogP contribution in [-0.4, -0.2) is 46.7 Å². The van der Waals surface area contributed by atoms with Gasteiger partial charge in [-0.3, -0.25) is 9.69 Å². The van der Waals surface area contributed by atoms with E-state index in [2.05, 4.69) is 48.8 Å². The third-order valence-electron chi connectivity index (χ3n) is 6.91. The van der Waals surface area contributed by atoms with Crippen LogP contribution in [0.3, 0.4) is 0 Å². The number of hydrogen-bond acceptors (Lipinski definition) is 4. The van der Waals surface area contributed by atoms with Crippen LogP contribution in [0.5, 0.6) is 5.75 Å². The van der Waals surface area contributed by atoms with Crippen LogP contribution in [0.25, 0.3) is 0 Å². The van der Waals surface area contributed by atoms with Gasteiger partial charge in [-0.1, -0.05) is 79.2 Å². The quantitative estimate of drug-likeness (QED) is 0.263. The van der Waals surface area contributed by atoms with Crippen molar-refractivity contribution in [2.45, 2.75) is 61.8 Å². The number of thioether (sulfide) groups is 1. The second kappa shape index (κ2) is 11.5. The van der Waals surface area contributed by atoms with Gasteiger partial charge in [-0.15, -0.1) is 11.8 Å². The van der Waals surface area contributed by atoms with Gasteiger partial charge in [0.15, 0.2) is 0 Å². The van der Waals surface area contributed by atoms with Crippen molar-refractivity contribution in [3.8, 4) is 5.75 Å². The number of urea groups is 1. The van der Waals surface area contributed by atoms with Crippen LogP contribution in [0.4, 0.5) is 4.79 Å². The predicted octanol–water partition coefficient (Wildman–Crippen LogP) is 7.70. The molecule has 0 bridgehead atoms. The molecule has 3 amide bonds. The van der Waals surface area contributed by atoms with Gasteiger partial charge in [0, 0.05) is 21.2 Å². The van der Waals surface area contributed by atoms with Gasteiger partial charge in [-0.05, 0) is 60.4 Å². The minimum absolute atomic E-state index is 0.00364. The zero-order valence-corrected chi connectivity index (χ0v) is 25.2. The molecule has 1 fully saturated rings. The molecule has 0 aliphatic carbocycles. The summed E-state index contributed by atoms with van der Waals surface area (Å²) in [6, 6.07) is 22.9. The lowest BCUT2D eigenvalue weighted by atomic mass is 9.89. The minimum Gasteiger partial charge on any atom is -0.497 e. The molecular weight excluding hydrogens is 560 g/mol. The Balaban J connectivity index is 1.80. The number of amides is 3. The maximum absolute atomic E-state index is 14.5. The first-order chi connectivity index (χ1) is 18.0. The first-order valence-corrected chi connectivity index (χ1v) is 14.4. The standard InChI is InChI=1S/C31H35BrN2O3S/c1-20-28(22-10-8-7-9-11-22)34(30(36)33(20)5)29(35)26(21-12-15-25(37-6)16-13-21)19-23-18-24(32)14-17-27(23)38-31(2,3)4/h7-18,20,26,28H,19H2,1-6H3. The summed E-state index contributed by atoms with van der Waals surface area (Å²) in [5.74, 6) is -0.0283. The van der Waals surface area contributed by atoms with E-state index in [1.807, 2.05) is 67.6 Å². The van der Waals surface area contributed by atoms with Crippen molar-refractivity contribution in [2.24, 2.45) is 0 Å². The summed E-state index contributed by atoms with van der Waals surface area (Å²) in [5.41, 5.74) is 2.87. The molecule has 3 atom stereocenters. The van der Waals surface area contributed by atoms with Crippen molar-refractivity contribution in [3.63, 3.8) is 0 Å². The number of likely N-dealkylation sites (N-methyl/N-ethyl adjacent to an activating group) is 1. The Morgan fingerprint density at radius 1 is 1.05 bits per heavy atom. The molecule has 3 aromatic carbocycles. The Kier molecular flexibility index (Phi) is 8.58. The average molecular weight is 596 g/mol. The highest BCUT2D eigenvalue weighted by atomic mass is 79.9. The average Bonchev–Trinajstić information content (AvgIpc) is 3.12. The first kappa shape index (κ1) is 28.2. The fourth-order valence-corrected chi connectivity index (χ4v) is 6.39. The summed E-state index contributed by atoms with van der Waals surface area (Å²) in [7, 11) is 3.39. The Bertz CT molecular complexity index is 1290. The van der Waals surface area contributed by atoms with Gasteiger partial charge in [-0.2, -0.15) is 0 Å². The molecular formula is C31H35BrN2O3S. The van der Waals surface area contributed by atoms with Gasteiger partial charge >= 0.3 is 6.03 Å². The SMILES string of the molecule is COc1ccc(C(Cc2cc(Br)ccc2SC(C)(C)C)C(=O)N2C(=O)N(C)C(C)C2c2ccccc2)cc1. The van der Waals surface area contributed by atoms with Crippen LogP contribution in [0.15, 0.2) is 82.2 Å². The number of carbonyl (C=O) groups excluding carboxylic acids is 2. The van der Waals surface area contributed by atoms with Crippen molar-refractivity contribution in [2.75, 3.05) is 14.2 Å². The highest BCUT2D eigenvalue weighted by Crippen LogP contribution is 2.41. The summed E-state index contributed by atoms with van der Waals surface area (Å²) in [6.07, 6.45) is 0.465. The Morgan fingerprint density at radius 2 is 1.71 bits per heavy atom. The van der Waals surface area contributed by atoms with E-state index in [-0.39, 0.29) is 28.8 Å². The van der Waals surface area contributed by atoms with Crippen LogP contribution < -0.4 is 4.74 Å². The molecule has 0 saturated carbocycles. The van der Waals surface area contributed by atoms with Gasteiger partial charge in [0.25, 0.3) is 0 Å². The van der Waals surface area contributed by atoms with Crippen molar-refractivity contribution in [3.05, 3.63) is 94.0 Å². The summed E-state index contributed by atoms with van der Waals surface area (Å²) in [6.45, 7) is 8.54. The van der Waals surface area contributed by atoms with E-state index in [9.17, 15) is 9.59 Å². The van der Waals surface area contributed by atoms with Gasteiger partial charge in [0.05, 0.1) is 25.1 Å². The van der Waals surface area contributed by atoms with Crippen molar-refractivity contribution < 1.29 is 14.3 Å². The van der Waals surface area contributed by atoms with Gasteiger partial charge < -0.3 is 9.64 Å². The summed E-state index contributed by atoms with van der Waals surface area (Å²) in [4.78, 5) is 32.3. The van der Waals surface area contributed by atoms with Crippen molar-refractivity contribution in [1.82, 2.24) is 9.80 Å². The number of carbonyl (C=O) groups is 2. The molecule has 0 spiro atoms. The number of ether oxygens (including phenoxy) is 1. The normalized spacial score (nSPS) is 18.6. The molecule has 0 aromatic heterocycles. The fourth-order valence-electron chi connectivity index (χ4n) is 4.91. The number of imide groups is 1. The maximum Gasteiger partial charge on any atom is 0.327 e. The van der Waals surface area contributed by atoms with E-state index < -0.39 is 5.92 Å². The monoisotopic (exact) mass is 594 g/mol. The lowest BCUT2D eigenvalue weighted by Gasteiger charge is -2.29. The zero-order valence-electron chi connectivity index (χ0n) is 22.8. The Labute approximate surface area is 238 Å². The van der Waals surface area contributed by atoms with Crippen LogP contribution >= 0.6 is 27.7 Å². The molecule has 3 unspecified atom stereocenters. The van der Waals surface area contributed by atoms with E-state index in [4.69, 9.17) is 4.74 Å². The molecule has 1 saturated heterocycles. The molecule has 38 heavy (non-hydrogen) atoms. The zero-order chi connectivity index (χ0) is 27.6. The van der Waals surface area contributed by atoms with Gasteiger partial charge in [-0.25, -0.2) is 4.79 Å². The van der Waals surface area contributed by atoms with Crippen LogP contribution in [0, 0.1) is 0 Å². The Hall–Kier alpha value is -2.77. The van der Waals surface area contributed by atoms with E-state index in [1.54, 1.807) is 30.8 Å². The molecule has 1 aliphatic rings. The largest absolute Gasteiger partial charge is 0.497 e. The summed E-state index contributed by atoms with van der Waals surface area (Å²) in [5, 5.41) is 0. The predicted molar refractivity (Wildman–Crippen MR) is 158 cm³/mol. The second-order valence-electron chi connectivity index (χ2n) is 10.7. The molecule has 0 radical (unpaired) electrons. The van der Waals surface area contributed by atoms with E-state index in [0.717, 1.165) is 31.8 Å². The smallest absolute Gasteiger partial charge is 0.327 e. The molecule has 200 valence electrons. The fraction of sp³-hybridized carbons (Fsp3) is 0.355. The second-order valence-corrected chi connectivity index (χ2v) is 13.5. The van der Waals surface area contributed by atoms with Crippen LogP contribution in [0.1, 0.15) is 56.3 Å². The summed E-state index contributed by atoms with van der Waals surface area (Å²) >= 11 is 5.41. The number of benzene rings is 3. The lowest BCUT2D eigenvalue weighted by molar-refractivity contribution is -0.131. The molecule has 7 heteroatoms. The number of hydrogen-bond donors (Lipinski definition) is 0. The molecule has 1 heterocycles. The molecule has 4 rings (SSSR count). The van der Waals surface area contributed by atoms with Crippen LogP contribution in [0.2, 0.25) is 0 Å². The molecule has 0 N–H and O–H groups in total.